The molecule has 0 radical (unpaired) electrons. The fraction of sp³-hybridized carbons (Fsp3) is 0.875. The molecule has 0 aromatic heterocycles. The lowest BCUT2D eigenvalue weighted by atomic mass is 9.84. The zero-order chi connectivity index (χ0) is 37.1. The van der Waals surface area contributed by atoms with E-state index in [1.807, 2.05) is 0 Å². The highest BCUT2D eigenvalue weighted by molar-refractivity contribution is 5.71. The summed E-state index contributed by atoms with van der Waals surface area (Å²) in [6.45, 7) is 4.61. The number of carbonyl (C=O) groups excluding carboxylic acids is 2. The summed E-state index contributed by atoms with van der Waals surface area (Å²) in [5.41, 5.74) is -6.97. The highest BCUT2D eigenvalue weighted by atomic mass is 19.4. The lowest BCUT2D eigenvalue weighted by Gasteiger charge is -2.36. The van der Waals surface area contributed by atoms with Crippen LogP contribution in [0.15, 0.2) is 12.2 Å². The van der Waals surface area contributed by atoms with Crippen molar-refractivity contribution in [3.63, 3.8) is 0 Å². The summed E-state index contributed by atoms with van der Waals surface area (Å²) in [5, 5.41) is 25.8. The van der Waals surface area contributed by atoms with Gasteiger partial charge in [0, 0.05) is 26.4 Å². The number of halogens is 9. The number of alkyl halides is 9. The number of hydrogen-bond donors (Lipinski definition) is 3. The number of methoxy groups -OCH3 is 1. The molecule has 0 amide bonds. The summed E-state index contributed by atoms with van der Waals surface area (Å²) < 4.78 is 122. The van der Waals surface area contributed by atoms with Gasteiger partial charge >= 0.3 is 30.5 Å². The summed E-state index contributed by atoms with van der Waals surface area (Å²) in [5.74, 6) is -2.64. The van der Waals surface area contributed by atoms with Gasteiger partial charge in [-0.15, -0.1) is 0 Å². The number of aliphatic hydroxyl groups excluding tert-OH is 1. The maximum atomic E-state index is 12.9. The molecule has 16 heteroatoms. The average molecular weight is 715 g/mol. The third kappa shape index (κ3) is 8.80. The standard InChI is InChI=1S/C10H11F3O2.2C8H11F3O.C5H10O2.CH4O/c1-6(14)15-9(10(11,12)13)5-7-2-3-8(9)4-7;2*9-8(10,11)7(12)4-5-1-2-6(7)3-5;1-4(2)5(6)7-3;1-2/h2-3,7-8H,4-5H2,1H3;2*5-6,12H,1-4H2;4H,1-3H3;2H,1H3. The Morgan fingerprint density at radius 1 is 0.729 bits per heavy atom. The van der Waals surface area contributed by atoms with E-state index in [0.29, 0.717) is 32.1 Å². The quantitative estimate of drug-likeness (QED) is 0.159. The first-order valence-corrected chi connectivity index (χ1v) is 16.0. The molecule has 0 aromatic rings. The SMILES string of the molecule is CC(=O)OC1(C(F)(F)F)CC2C=CC1C2.CO.COC(=O)C(C)C.OC1(C(F)(F)F)CC2CCC1C2.OC1(C(F)(F)F)CC2CCC1C2. The van der Waals surface area contributed by atoms with Gasteiger partial charge in [-0.2, -0.15) is 39.5 Å². The second-order valence-electron chi connectivity index (χ2n) is 13.9. The minimum atomic E-state index is -4.48. The van der Waals surface area contributed by atoms with Crippen molar-refractivity contribution in [2.24, 2.45) is 41.4 Å². The average Bonchev–Trinajstić information content (AvgIpc) is 3.82. The normalized spacial score (nSPS) is 37.0. The van der Waals surface area contributed by atoms with Gasteiger partial charge in [0.25, 0.3) is 0 Å². The van der Waals surface area contributed by atoms with E-state index >= 15 is 0 Å². The number of fused-ring (bicyclic) bond motifs is 6. The van der Waals surface area contributed by atoms with Gasteiger partial charge in [0.15, 0.2) is 11.2 Å². The number of allylic oxidation sites excluding steroid dienone is 1. The van der Waals surface area contributed by atoms with Crippen LogP contribution in [0.5, 0.6) is 0 Å². The third-order valence-corrected chi connectivity index (χ3v) is 10.4. The van der Waals surface area contributed by atoms with Crippen molar-refractivity contribution >= 4 is 11.9 Å². The molecule has 48 heavy (non-hydrogen) atoms. The maximum absolute atomic E-state index is 12.9. The first kappa shape index (κ1) is 42.1. The van der Waals surface area contributed by atoms with Crippen molar-refractivity contribution in [2.75, 3.05) is 14.2 Å². The first-order valence-electron chi connectivity index (χ1n) is 16.0. The van der Waals surface area contributed by atoms with Crippen molar-refractivity contribution in [1.29, 1.82) is 0 Å². The maximum Gasteiger partial charge on any atom is 0.428 e. The van der Waals surface area contributed by atoms with Gasteiger partial charge in [-0.25, -0.2) is 0 Å². The minimum Gasteiger partial charge on any atom is -0.469 e. The van der Waals surface area contributed by atoms with Crippen LogP contribution in [0.3, 0.4) is 0 Å². The van der Waals surface area contributed by atoms with Crippen LogP contribution in [0.4, 0.5) is 39.5 Å². The van der Waals surface area contributed by atoms with Gasteiger partial charge < -0.3 is 24.8 Å². The van der Waals surface area contributed by atoms with Crippen LogP contribution < -0.4 is 0 Å². The van der Waals surface area contributed by atoms with Crippen LogP contribution in [-0.2, 0) is 19.1 Å². The van der Waals surface area contributed by atoms with Crippen molar-refractivity contribution in [1.82, 2.24) is 0 Å². The Labute approximate surface area is 274 Å². The second-order valence-corrected chi connectivity index (χ2v) is 13.9. The van der Waals surface area contributed by atoms with E-state index in [0.717, 1.165) is 26.9 Å². The first-order chi connectivity index (χ1) is 21.9. The molecule has 0 saturated heterocycles. The molecule has 280 valence electrons. The van der Waals surface area contributed by atoms with Crippen LogP contribution in [-0.4, -0.2) is 76.8 Å². The molecule has 5 saturated carbocycles. The molecule has 9 atom stereocenters. The molecule has 0 heterocycles. The Kier molecular flexibility index (Phi) is 13.5. The molecule has 3 N–H and O–H groups in total. The Morgan fingerprint density at radius 2 is 1.17 bits per heavy atom. The van der Waals surface area contributed by atoms with Gasteiger partial charge in [-0.3, -0.25) is 9.59 Å². The molecule has 9 unspecified atom stereocenters. The van der Waals surface area contributed by atoms with E-state index in [1.165, 1.54) is 13.2 Å². The molecule has 7 nitrogen and oxygen atoms in total. The van der Waals surface area contributed by atoms with E-state index in [1.54, 1.807) is 19.9 Å². The molecule has 6 rings (SSSR count). The number of rotatable bonds is 2. The summed E-state index contributed by atoms with van der Waals surface area (Å²) in [6, 6.07) is 0. The van der Waals surface area contributed by atoms with Gasteiger partial charge in [0.05, 0.1) is 13.0 Å². The Hall–Kier alpha value is -2.07. The van der Waals surface area contributed by atoms with Gasteiger partial charge in [0.1, 0.15) is 0 Å². The summed E-state index contributed by atoms with van der Waals surface area (Å²) in [7, 11) is 2.39. The molecular formula is C32H47F9O7. The summed E-state index contributed by atoms with van der Waals surface area (Å²) in [4.78, 5) is 21.1. The van der Waals surface area contributed by atoms with Gasteiger partial charge in [-0.05, 0) is 87.4 Å². The van der Waals surface area contributed by atoms with E-state index in [2.05, 4.69) is 9.47 Å². The van der Waals surface area contributed by atoms with Crippen LogP contribution in [0.1, 0.15) is 85.0 Å². The Balaban J connectivity index is 0.000000225. The van der Waals surface area contributed by atoms with E-state index in [-0.39, 0.29) is 48.9 Å². The fourth-order valence-corrected chi connectivity index (χ4v) is 8.10. The van der Waals surface area contributed by atoms with Crippen LogP contribution in [0.25, 0.3) is 0 Å². The second kappa shape index (κ2) is 15.4. The monoisotopic (exact) mass is 714 g/mol. The highest BCUT2D eigenvalue weighted by Gasteiger charge is 2.67. The molecule has 6 aliphatic rings. The number of aliphatic hydroxyl groups is 3. The lowest BCUT2D eigenvalue weighted by molar-refractivity contribution is -0.277. The predicted molar refractivity (Wildman–Crippen MR) is 154 cm³/mol. The van der Waals surface area contributed by atoms with Crippen molar-refractivity contribution in [3.05, 3.63) is 12.2 Å². The van der Waals surface area contributed by atoms with E-state index in [9.17, 15) is 59.3 Å². The zero-order valence-electron chi connectivity index (χ0n) is 27.6. The van der Waals surface area contributed by atoms with E-state index < -0.39 is 59.1 Å². The van der Waals surface area contributed by atoms with Crippen molar-refractivity contribution in [2.45, 2.75) is 120 Å². The predicted octanol–water partition coefficient (Wildman–Crippen LogP) is 7.07. The number of carbonyl (C=O) groups is 2. The fourth-order valence-electron chi connectivity index (χ4n) is 8.10. The van der Waals surface area contributed by atoms with E-state index in [4.69, 9.17) is 5.11 Å². The Morgan fingerprint density at radius 3 is 1.33 bits per heavy atom. The molecule has 0 aliphatic heterocycles. The van der Waals surface area contributed by atoms with Crippen LogP contribution in [0, 0.1) is 41.4 Å². The Bertz CT molecular complexity index is 1080. The largest absolute Gasteiger partial charge is 0.469 e. The molecule has 6 aliphatic carbocycles. The smallest absolute Gasteiger partial charge is 0.428 e. The molecule has 0 aromatic carbocycles. The number of esters is 2. The van der Waals surface area contributed by atoms with Crippen molar-refractivity contribution in [3.8, 4) is 0 Å². The van der Waals surface area contributed by atoms with Gasteiger partial charge in [-0.1, -0.05) is 26.0 Å². The topological polar surface area (TPSA) is 113 Å². The molecule has 6 bridgehead atoms. The van der Waals surface area contributed by atoms with Crippen molar-refractivity contribution < 1.29 is 73.9 Å². The highest BCUT2D eigenvalue weighted by Crippen LogP contribution is 2.58. The molecule has 5 fully saturated rings. The summed E-state index contributed by atoms with van der Waals surface area (Å²) >= 11 is 0. The van der Waals surface area contributed by atoms with Crippen LogP contribution >= 0.6 is 0 Å². The molecule has 0 spiro atoms. The number of ether oxygens (including phenoxy) is 2. The summed E-state index contributed by atoms with van der Waals surface area (Å²) in [6.07, 6.45) is -5.92. The van der Waals surface area contributed by atoms with Crippen LogP contribution in [0.2, 0.25) is 0 Å². The minimum absolute atomic E-state index is 0.00463. The number of hydrogen-bond acceptors (Lipinski definition) is 7. The zero-order valence-corrected chi connectivity index (χ0v) is 27.6. The third-order valence-electron chi connectivity index (χ3n) is 10.4. The molecular weight excluding hydrogens is 667 g/mol. The van der Waals surface area contributed by atoms with Gasteiger partial charge in [0.2, 0.25) is 5.60 Å². The lowest BCUT2D eigenvalue weighted by Crippen LogP contribution is -2.51.